The summed E-state index contributed by atoms with van der Waals surface area (Å²) < 4.78 is 5.34. The Bertz CT molecular complexity index is 1070. The zero-order chi connectivity index (χ0) is 18.8. The minimum absolute atomic E-state index is 0.221. The lowest BCUT2D eigenvalue weighted by Gasteiger charge is -2.11. The average Bonchev–Trinajstić information content (AvgIpc) is 2.88. The maximum absolute atomic E-state index is 12.3. The molecule has 3 rings (SSSR count). The predicted octanol–water partition coefficient (Wildman–Crippen LogP) is 4.57. The summed E-state index contributed by atoms with van der Waals surface area (Å²) in [6.07, 6.45) is 2.20. The topological polar surface area (TPSA) is 72.0 Å². The van der Waals surface area contributed by atoms with E-state index in [9.17, 15) is 9.59 Å². The average molecular weight is 389 g/mol. The minimum atomic E-state index is -0.682. The van der Waals surface area contributed by atoms with E-state index < -0.39 is 12.1 Å². The van der Waals surface area contributed by atoms with Crippen molar-refractivity contribution in [3.63, 3.8) is 0 Å². The van der Waals surface area contributed by atoms with E-state index in [1.165, 1.54) is 17.4 Å². The van der Waals surface area contributed by atoms with E-state index in [-0.39, 0.29) is 5.56 Å². The van der Waals surface area contributed by atoms with Crippen LogP contribution in [0.5, 0.6) is 0 Å². The van der Waals surface area contributed by atoms with Gasteiger partial charge in [0.2, 0.25) is 0 Å². The summed E-state index contributed by atoms with van der Waals surface area (Å²) in [4.78, 5) is 33.2. The highest BCUT2D eigenvalue weighted by Crippen LogP contribution is 2.27. The van der Waals surface area contributed by atoms with Gasteiger partial charge in [0.15, 0.2) is 11.9 Å². The Balaban J connectivity index is 1.78. The first-order valence-electron chi connectivity index (χ1n) is 8.00. The van der Waals surface area contributed by atoms with Gasteiger partial charge in [0.1, 0.15) is 4.83 Å². The third-order valence-electron chi connectivity index (χ3n) is 4.04. The van der Waals surface area contributed by atoms with E-state index in [1.54, 1.807) is 25.1 Å². The van der Waals surface area contributed by atoms with Crippen LogP contribution in [0.1, 0.15) is 34.9 Å². The van der Waals surface area contributed by atoms with Crippen LogP contribution in [-0.2, 0) is 9.53 Å². The van der Waals surface area contributed by atoms with Crippen molar-refractivity contribution in [1.82, 2.24) is 9.97 Å². The van der Waals surface area contributed by atoms with Crippen LogP contribution in [0.15, 0.2) is 35.1 Å². The standard InChI is InChI=1S/C19H17ClN2O3S/c1-10-12(3)26-19-16(10)18(24)21-17(22-19)11(2)25-15(23)9-8-13-6-4-5-7-14(13)20/h4-9,11H,1-3H3,(H,21,22,24)/b9-8+/t11-/m1/s1. The van der Waals surface area contributed by atoms with Gasteiger partial charge in [-0.2, -0.15) is 0 Å². The highest BCUT2D eigenvalue weighted by molar-refractivity contribution is 7.18. The molecule has 0 aliphatic carbocycles. The number of aromatic amines is 1. The molecule has 0 aliphatic rings. The number of esters is 1. The fourth-order valence-electron chi connectivity index (χ4n) is 2.50. The molecule has 1 N–H and O–H groups in total. The molecule has 3 aromatic rings. The quantitative estimate of drug-likeness (QED) is 0.524. The van der Waals surface area contributed by atoms with Crippen LogP contribution < -0.4 is 5.56 Å². The molecule has 26 heavy (non-hydrogen) atoms. The molecule has 0 aliphatic heterocycles. The van der Waals surface area contributed by atoms with E-state index >= 15 is 0 Å². The molecule has 2 aromatic heterocycles. The Kier molecular flexibility index (Phi) is 5.25. The van der Waals surface area contributed by atoms with Crippen molar-refractivity contribution in [3.8, 4) is 0 Å². The summed E-state index contributed by atoms with van der Waals surface area (Å²) >= 11 is 7.50. The normalized spacial score (nSPS) is 12.6. The van der Waals surface area contributed by atoms with Crippen LogP contribution in [0.4, 0.5) is 0 Å². The molecule has 0 unspecified atom stereocenters. The van der Waals surface area contributed by atoms with Crippen molar-refractivity contribution in [2.24, 2.45) is 0 Å². The molecule has 0 spiro atoms. The molecule has 0 bridgehead atoms. The van der Waals surface area contributed by atoms with Crippen molar-refractivity contribution in [2.75, 3.05) is 0 Å². The zero-order valence-corrected chi connectivity index (χ0v) is 16.1. The van der Waals surface area contributed by atoms with Gasteiger partial charge in [-0.25, -0.2) is 9.78 Å². The maximum Gasteiger partial charge on any atom is 0.331 e. The lowest BCUT2D eigenvalue weighted by molar-refractivity contribution is -0.142. The summed E-state index contributed by atoms with van der Waals surface area (Å²) in [5.74, 6) is -0.220. The number of nitrogens with zero attached hydrogens (tertiary/aromatic N) is 1. The maximum atomic E-state index is 12.3. The second-order valence-electron chi connectivity index (χ2n) is 5.85. The number of nitrogens with one attached hydrogen (secondary N) is 1. The van der Waals surface area contributed by atoms with Crippen molar-refractivity contribution in [1.29, 1.82) is 0 Å². The van der Waals surface area contributed by atoms with Gasteiger partial charge >= 0.3 is 5.97 Å². The predicted molar refractivity (Wildman–Crippen MR) is 105 cm³/mol. The number of H-pyrrole nitrogens is 1. The molecule has 7 heteroatoms. The second-order valence-corrected chi connectivity index (χ2v) is 7.46. The second kappa shape index (κ2) is 7.43. The summed E-state index contributed by atoms with van der Waals surface area (Å²) in [7, 11) is 0. The van der Waals surface area contributed by atoms with Crippen LogP contribution in [0.2, 0.25) is 5.02 Å². The Morgan fingerprint density at radius 2 is 2.08 bits per heavy atom. The fraction of sp³-hybridized carbons (Fsp3) is 0.211. The lowest BCUT2D eigenvalue weighted by Crippen LogP contribution is -2.16. The lowest BCUT2D eigenvalue weighted by atomic mass is 10.2. The number of hydrogen-bond donors (Lipinski definition) is 1. The number of fused-ring (bicyclic) bond motifs is 1. The number of aryl methyl sites for hydroxylation is 2. The number of ether oxygens (including phenoxy) is 1. The van der Waals surface area contributed by atoms with Gasteiger partial charge in [-0.05, 0) is 44.0 Å². The number of rotatable bonds is 4. The third-order valence-corrected chi connectivity index (χ3v) is 5.48. The first kappa shape index (κ1) is 18.4. The molecule has 0 amide bonds. The van der Waals surface area contributed by atoms with Gasteiger partial charge < -0.3 is 9.72 Å². The van der Waals surface area contributed by atoms with Crippen LogP contribution in [0.3, 0.4) is 0 Å². The van der Waals surface area contributed by atoms with E-state index in [0.29, 0.717) is 21.1 Å². The summed E-state index contributed by atoms with van der Waals surface area (Å²) in [6, 6.07) is 7.18. The van der Waals surface area contributed by atoms with Gasteiger partial charge in [-0.15, -0.1) is 11.3 Å². The molecule has 1 atom stereocenters. The van der Waals surface area contributed by atoms with Crippen LogP contribution in [-0.4, -0.2) is 15.9 Å². The number of thiophene rings is 1. The Labute approximate surface area is 159 Å². The molecule has 134 valence electrons. The minimum Gasteiger partial charge on any atom is -0.451 e. The zero-order valence-electron chi connectivity index (χ0n) is 14.5. The highest BCUT2D eigenvalue weighted by atomic mass is 35.5. The van der Waals surface area contributed by atoms with Crippen molar-refractivity contribution >= 4 is 45.2 Å². The number of carbonyl (C=O) groups excluding carboxylic acids is 1. The summed E-state index contributed by atoms with van der Waals surface area (Å²) in [5.41, 5.74) is 1.43. The van der Waals surface area contributed by atoms with Crippen molar-refractivity contribution in [2.45, 2.75) is 26.9 Å². The van der Waals surface area contributed by atoms with Crippen molar-refractivity contribution in [3.05, 3.63) is 67.5 Å². The smallest absolute Gasteiger partial charge is 0.331 e. The SMILES string of the molecule is Cc1sc2nc([C@@H](C)OC(=O)/C=C/c3ccccc3Cl)[nH]c(=O)c2c1C. The molecular formula is C19H17ClN2O3S. The van der Waals surface area contributed by atoms with Crippen LogP contribution in [0, 0.1) is 13.8 Å². The molecule has 0 saturated carbocycles. The molecule has 0 fully saturated rings. The van der Waals surface area contributed by atoms with Gasteiger partial charge in [0.05, 0.1) is 5.39 Å². The number of carbonyl (C=O) groups is 1. The first-order chi connectivity index (χ1) is 12.4. The van der Waals surface area contributed by atoms with Gasteiger partial charge in [-0.3, -0.25) is 4.79 Å². The van der Waals surface area contributed by atoms with E-state index in [0.717, 1.165) is 16.0 Å². The van der Waals surface area contributed by atoms with E-state index in [1.807, 2.05) is 26.0 Å². The Hall–Kier alpha value is -2.44. The van der Waals surface area contributed by atoms with E-state index in [2.05, 4.69) is 9.97 Å². The Morgan fingerprint density at radius 1 is 1.35 bits per heavy atom. The Morgan fingerprint density at radius 3 is 2.81 bits per heavy atom. The largest absolute Gasteiger partial charge is 0.451 e. The molecule has 2 heterocycles. The number of hydrogen-bond acceptors (Lipinski definition) is 5. The molecular weight excluding hydrogens is 372 g/mol. The van der Waals surface area contributed by atoms with Gasteiger partial charge in [0.25, 0.3) is 5.56 Å². The monoisotopic (exact) mass is 388 g/mol. The molecule has 1 aromatic carbocycles. The van der Waals surface area contributed by atoms with Crippen LogP contribution in [0.25, 0.3) is 16.3 Å². The van der Waals surface area contributed by atoms with Crippen LogP contribution >= 0.6 is 22.9 Å². The number of benzene rings is 1. The molecule has 0 radical (unpaired) electrons. The first-order valence-corrected chi connectivity index (χ1v) is 9.19. The highest BCUT2D eigenvalue weighted by Gasteiger charge is 2.17. The van der Waals surface area contributed by atoms with Gasteiger partial charge in [-0.1, -0.05) is 29.8 Å². The van der Waals surface area contributed by atoms with Crippen molar-refractivity contribution < 1.29 is 9.53 Å². The fourth-order valence-corrected chi connectivity index (χ4v) is 3.74. The van der Waals surface area contributed by atoms with E-state index in [4.69, 9.17) is 16.3 Å². The third kappa shape index (κ3) is 3.71. The number of aromatic nitrogens is 2. The molecule has 5 nitrogen and oxygen atoms in total. The number of halogens is 1. The summed E-state index contributed by atoms with van der Waals surface area (Å²) in [5, 5.41) is 1.14. The van der Waals surface area contributed by atoms with Gasteiger partial charge in [0, 0.05) is 16.0 Å². The molecule has 0 saturated heterocycles. The summed E-state index contributed by atoms with van der Waals surface area (Å²) in [6.45, 7) is 5.51.